The van der Waals surface area contributed by atoms with Crippen molar-refractivity contribution < 1.29 is 42.1 Å². The first-order valence-electron chi connectivity index (χ1n) is 10.3. The molecule has 12 heteroatoms. The summed E-state index contributed by atoms with van der Waals surface area (Å²) in [6.07, 6.45) is -0.635. The Kier molecular flexibility index (Phi) is 7.62. The Balaban J connectivity index is 2.05. The summed E-state index contributed by atoms with van der Waals surface area (Å²) in [5.41, 5.74) is -2.46. The second kappa shape index (κ2) is 10.3. The maximum absolute atomic E-state index is 13.9. The fourth-order valence-electron chi connectivity index (χ4n) is 3.53. The number of rotatable bonds is 7. The first-order valence-corrected chi connectivity index (χ1v) is 10.3. The molecular formula is C22H23F3N2O7. The second-order valence-electron chi connectivity index (χ2n) is 7.76. The van der Waals surface area contributed by atoms with Crippen LogP contribution in [0.3, 0.4) is 0 Å². The number of methoxy groups -OCH3 is 1. The number of aliphatic hydroxyl groups excluding tert-OH is 1. The third-order valence-corrected chi connectivity index (χ3v) is 5.10. The SMILES string of the molecule is COc1c(C(=O)OC(C)C)n(C2CCOC2O)cc(C(=O)NCc2c(F)cc(F)cc2F)c1=O. The normalized spacial score (nSPS) is 17.6. The predicted octanol–water partition coefficient (Wildman–Crippen LogP) is 2.05. The van der Waals surface area contributed by atoms with Gasteiger partial charge in [0.25, 0.3) is 5.91 Å². The molecule has 1 saturated heterocycles. The summed E-state index contributed by atoms with van der Waals surface area (Å²) in [5, 5.41) is 12.4. The molecule has 1 fully saturated rings. The number of esters is 1. The molecule has 184 valence electrons. The molecular weight excluding hydrogens is 461 g/mol. The maximum atomic E-state index is 13.9. The van der Waals surface area contributed by atoms with Crippen LogP contribution in [0.5, 0.6) is 5.75 Å². The molecule has 0 spiro atoms. The van der Waals surface area contributed by atoms with Crippen molar-refractivity contribution in [3.05, 3.63) is 62.8 Å². The van der Waals surface area contributed by atoms with Gasteiger partial charge in [-0.2, -0.15) is 0 Å². The van der Waals surface area contributed by atoms with Crippen LogP contribution < -0.4 is 15.5 Å². The summed E-state index contributed by atoms with van der Waals surface area (Å²) in [7, 11) is 1.11. The van der Waals surface area contributed by atoms with Crippen LogP contribution in [-0.2, 0) is 16.0 Å². The van der Waals surface area contributed by atoms with Crippen molar-refractivity contribution >= 4 is 11.9 Å². The lowest BCUT2D eigenvalue weighted by atomic mass is 10.1. The van der Waals surface area contributed by atoms with Crippen LogP contribution in [0.2, 0.25) is 0 Å². The molecule has 2 N–H and O–H groups in total. The summed E-state index contributed by atoms with van der Waals surface area (Å²) in [5.74, 6) is -6.05. The van der Waals surface area contributed by atoms with Crippen LogP contribution in [0.1, 0.15) is 52.7 Å². The Morgan fingerprint density at radius 2 is 1.91 bits per heavy atom. The number of hydrogen-bond donors (Lipinski definition) is 2. The van der Waals surface area contributed by atoms with Crippen molar-refractivity contribution in [3.8, 4) is 5.75 Å². The Labute approximate surface area is 192 Å². The van der Waals surface area contributed by atoms with E-state index in [0.717, 1.165) is 17.9 Å². The minimum atomic E-state index is -1.35. The first kappa shape index (κ1) is 25.2. The van der Waals surface area contributed by atoms with E-state index < -0.39 is 76.6 Å². The lowest BCUT2D eigenvalue weighted by Crippen LogP contribution is -2.34. The van der Waals surface area contributed by atoms with E-state index in [4.69, 9.17) is 14.2 Å². The number of halogens is 3. The Bertz CT molecular complexity index is 1140. The Morgan fingerprint density at radius 1 is 1.26 bits per heavy atom. The van der Waals surface area contributed by atoms with Gasteiger partial charge in [-0.3, -0.25) is 9.59 Å². The number of carbonyl (C=O) groups is 2. The quantitative estimate of drug-likeness (QED) is 0.578. The molecule has 1 aliphatic rings. The smallest absolute Gasteiger partial charge is 0.359 e. The van der Waals surface area contributed by atoms with E-state index in [1.807, 2.05) is 0 Å². The molecule has 1 aromatic heterocycles. The lowest BCUT2D eigenvalue weighted by molar-refractivity contribution is -0.0790. The number of amides is 1. The zero-order valence-corrected chi connectivity index (χ0v) is 18.6. The van der Waals surface area contributed by atoms with E-state index in [2.05, 4.69) is 5.32 Å². The highest BCUT2D eigenvalue weighted by Gasteiger charge is 2.35. The zero-order valence-electron chi connectivity index (χ0n) is 18.6. The number of nitrogens with one attached hydrogen (secondary N) is 1. The van der Waals surface area contributed by atoms with E-state index >= 15 is 0 Å². The monoisotopic (exact) mass is 484 g/mol. The predicted molar refractivity (Wildman–Crippen MR) is 111 cm³/mol. The highest BCUT2D eigenvalue weighted by atomic mass is 19.1. The maximum Gasteiger partial charge on any atom is 0.359 e. The molecule has 2 atom stereocenters. The van der Waals surface area contributed by atoms with Crippen molar-refractivity contribution in [2.24, 2.45) is 0 Å². The minimum Gasteiger partial charge on any atom is -0.491 e. The summed E-state index contributed by atoms with van der Waals surface area (Å²) in [4.78, 5) is 38.6. The van der Waals surface area contributed by atoms with E-state index in [1.54, 1.807) is 13.8 Å². The summed E-state index contributed by atoms with van der Waals surface area (Å²) in [6, 6.07) is 0.0525. The number of pyridine rings is 1. The van der Waals surface area contributed by atoms with Gasteiger partial charge in [-0.05, 0) is 20.3 Å². The number of aromatic nitrogens is 1. The molecule has 0 bridgehead atoms. The van der Waals surface area contributed by atoms with Crippen LogP contribution in [0.25, 0.3) is 0 Å². The molecule has 3 rings (SSSR count). The molecule has 0 aliphatic carbocycles. The van der Waals surface area contributed by atoms with Gasteiger partial charge in [0.15, 0.2) is 17.7 Å². The van der Waals surface area contributed by atoms with E-state index in [1.165, 1.54) is 0 Å². The van der Waals surface area contributed by atoms with Gasteiger partial charge in [-0.25, -0.2) is 18.0 Å². The lowest BCUT2D eigenvalue weighted by Gasteiger charge is -2.24. The Hall–Kier alpha value is -3.38. The zero-order chi connectivity index (χ0) is 25.2. The Morgan fingerprint density at radius 3 is 2.44 bits per heavy atom. The van der Waals surface area contributed by atoms with Gasteiger partial charge < -0.3 is 29.2 Å². The van der Waals surface area contributed by atoms with Crippen LogP contribution >= 0.6 is 0 Å². The second-order valence-corrected chi connectivity index (χ2v) is 7.76. The number of hydrogen-bond acceptors (Lipinski definition) is 7. The molecule has 2 aromatic rings. The summed E-state index contributed by atoms with van der Waals surface area (Å²) >= 11 is 0. The first-order chi connectivity index (χ1) is 16.0. The van der Waals surface area contributed by atoms with Gasteiger partial charge >= 0.3 is 5.97 Å². The van der Waals surface area contributed by atoms with Crippen LogP contribution in [0.15, 0.2) is 23.1 Å². The molecule has 0 radical (unpaired) electrons. The van der Waals surface area contributed by atoms with Crippen molar-refractivity contribution in [2.45, 2.75) is 45.2 Å². The highest BCUT2D eigenvalue weighted by Crippen LogP contribution is 2.29. The van der Waals surface area contributed by atoms with Crippen LogP contribution in [0, 0.1) is 17.5 Å². The number of ether oxygens (including phenoxy) is 3. The van der Waals surface area contributed by atoms with Crippen LogP contribution in [0.4, 0.5) is 13.2 Å². The molecule has 9 nitrogen and oxygen atoms in total. The number of nitrogens with zero attached hydrogens (tertiary/aromatic N) is 1. The van der Waals surface area contributed by atoms with Gasteiger partial charge in [0.2, 0.25) is 5.43 Å². The molecule has 2 heterocycles. The van der Waals surface area contributed by atoms with Crippen molar-refractivity contribution in [1.29, 1.82) is 0 Å². The number of benzene rings is 1. The van der Waals surface area contributed by atoms with Crippen molar-refractivity contribution in [1.82, 2.24) is 9.88 Å². The van der Waals surface area contributed by atoms with E-state index in [0.29, 0.717) is 12.1 Å². The van der Waals surface area contributed by atoms with Gasteiger partial charge in [0.05, 0.1) is 25.9 Å². The minimum absolute atomic E-state index is 0.142. The summed E-state index contributed by atoms with van der Waals surface area (Å²) in [6.45, 7) is 2.64. The molecule has 34 heavy (non-hydrogen) atoms. The average molecular weight is 484 g/mol. The average Bonchev–Trinajstić information content (AvgIpc) is 3.17. The fourth-order valence-corrected chi connectivity index (χ4v) is 3.53. The highest BCUT2D eigenvalue weighted by molar-refractivity contribution is 5.97. The van der Waals surface area contributed by atoms with Crippen molar-refractivity contribution in [3.63, 3.8) is 0 Å². The van der Waals surface area contributed by atoms with Gasteiger partial charge in [0.1, 0.15) is 23.0 Å². The van der Waals surface area contributed by atoms with Gasteiger partial charge in [-0.15, -0.1) is 0 Å². The third-order valence-electron chi connectivity index (χ3n) is 5.10. The van der Waals surface area contributed by atoms with Gasteiger partial charge in [0, 0.05) is 30.4 Å². The summed E-state index contributed by atoms with van der Waals surface area (Å²) < 4.78 is 57.5. The number of carbonyl (C=O) groups excluding carboxylic acids is 2. The molecule has 1 aliphatic heterocycles. The molecule has 2 unspecified atom stereocenters. The van der Waals surface area contributed by atoms with E-state index in [9.17, 15) is 32.7 Å². The fraction of sp³-hybridized carbons (Fsp3) is 0.409. The largest absolute Gasteiger partial charge is 0.491 e. The van der Waals surface area contributed by atoms with Gasteiger partial charge in [-0.1, -0.05) is 0 Å². The molecule has 0 saturated carbocycles. The van der Waals surface area contributed by atoms with E-state index in [-0.39, 0.29) is 18.7 Å². The third kappa shape index (κ3) is 5.07. The number of aliphatic hydroxyl groups is 1. The molecule has 1 aromatic carbocycles. The van der Waals surface area contributed by atoms with Crippen LogP contribution in [-0.4, -0.2) is 47.7 Å². The topological polar surface area (TPSA) is 116 Å². The standard InChI is InChI=1S/C22H23F3N2O7/c1-10(2)34-22(31)17-19(32-3)18(28)13(9-27(17)16-4-5-33-21(16)30)20(29)26-8-12-14(24)6-11(23)7-15(12)25/h6-7,9-10,16,21,30H,4-5,8H2,1-3H3,(H,26,29). The molecule has 1 amide bonds. The van der Waals surface area contributed by atoms with Crippen molar-refractivity contribution in [2.75, 3.05) is 13.7 Å².